The standard InChI is InChI=1S/C11H12BrN5O/c12-8-9(6-3-1-2-4-6)14-10(15-11(8)18)7-5-13-17-16-7/h5-6H,1-4H2,(H,13,16,17)(H,14,15,18). The maximum Gasteiger partial charge on any atom is 0.265 e. The molecule has 1 aliphatic rings. The Morgan fingerprint density at radius 1 is 1.33 bits per heavy atom. The summed E-state index contributed by atoms with van der Waals surface area (Å²) in [5.74, 6) is 0.867. The topological polar surface area (TPSA) is 87.3 Å². The van der Waals surface area contributed by atoms with Crippen molar-refractivity contribution in [1.82, 2.24) is 25.4 Å². The van der Waals surface area contributed by atoms with Gasteiger partial charge in [-0.2, -0.15) is 0 Å². The molecule has 0 radical (unpaired) electrons. The first-order valence-corrected chi connectivity index (χ1v) is 6.71. The Morgan fingerprint density at radius 2 is 2.11 bits per heavy atom. The van der Waals surface area contributed by atoms with E-state index >= 15 is 0 Å². The third kappa shape index (κ3) is 1.98. The van der Waals surface area contributed by atoms with Gasteiger partial charge in [0.05, 0.1) is 11.9 Å². The van der Waals surface area contributed by atoms with Gasteiger partial charge in [0.1, 0.15) is 10.2 Å². The largest absolute Gasteiger partial charge is 0.304 e. The van der Waals surface area contributed by atoms with Gasteiger partial charge in [-0.3, -0.25) is 9.89 Å². The molecule has 3 rings (SSSR count). The van der Waals surface area contributed by atoms with E-state index in [1.54, 1.807) is 6.20 Å². The quantitative estimate of drug-likeness (QED) is 0.888. The zero-order valence-electron chi connectivity index (χ0n) is 9.61. The van der Waals surface area contributed by atoms with Crippen LogP contribution in [0.15, 0.2) is 15.5 Å². The van der Waals surface area contributed by atoms with Crippen molar-refractivity contribution in [2.24, 2.45) is 0 Å². The highest BCUT2D eigenvalue weighted by atomic mass is 79.9. The highest BCUT2D eigenvalue weighted by Crippen LogP contribution is 2.35. The smallest absolute Gasteiger partial charge is 0.265 e. The number of rotatable bonds is 2. The molecule has 0 aliphatic heterocycles. The molecule has 0 saturated heterocycles. The second-order valence-electron chi connectivity index (χ2n) is 4.47. The van der Waals surface area contributed by atoms with Crippen LogP contribution in [0.5, 0.6) is 0 Å². The van der Waals surface area contributed by atoms with Crippen LogP contribution in [0.1, 0.15) is 37.3 Å². The molecule has 0 unspecified atom stereocenters. The lowest BCUT2D eigenvalue weighted by atomic mass is 10.0. The van der Waals surface area contributed by atoms with Crippen molar-refractivity contribution in [2.75, 3.05) is 0 Å². The number of nitrogens with zero attached hydrogens (tertiary/aromatic N) is 3. The van der Waals surface area contributed by atoms with E-state index in [1.165, 1.54) is 12.8 Å². The molecule has 0 amide bonds. The zero-order valence-corrected chi connectivity index (χ0v) is 11.2. The molecule has 2 N–H and O–H groups in total. The van der Waals surface area contributed by atoms with E-state index in [-0.39, 0.29) is 5.56 Å². The fraction of sp³-hybridized carbons (Fsp3) is 0.455. The molecule has 2 heterocycles. The van der Waals surface area contributed by atoms with Crippen LogP contribution < -0.4 is 5.56 Å². The van der Waals surface area contributed by atoms with Crippen molar-refractivity contribution in [2.45, 2.75) is 31.6 Å². The van der Waals surface area contributed by atoms with Gasteiger partial charge in [0.2, 0.25) is 0 Å². The third-order valence-corrected chi connectivity index (χ3v) is 4.07. The van der Waals surface area contributed by atoms with Crippen molar-refractivity contribution >= 4 is 15.9 Å². The van der Waals surface area contributed by atoms with Crippen LogP contribution in [0, 0.1) is 0 Å². The molecule has 18 heavy (non-hydrogen) atoms. The average molecular weight is 310 g/mol. The summed E-state index contributed by atoms with van der Waals surface area (Å²) in [6.45, 7) is 0. The normalized spacial score (nSPS) is 16.3. The van der Waals surface area contributed by atoms with Gasteiger partial charge in [-0.25, -0.2) is 4.98 Å². The van der Waals surface area contributed by atoms with Crippen LogP contribution in [0.4, 0.5) is 0 Å². The Hall–Kier alpha value is -1.50. The lowest BCUT2D eigenvalue weighted by molar-refractivity contribution is 0.688. The lowest BCUT2D eigenvalue weighted by Gasteiger charge is -2.11. The molecule has 2 aromatic heterocycles. The summed E-state index contributed by atoms with van der Waals surface area (Å²) in [4.78, 5) is 19.2. The second kappa shape index (κ2) is 4.64. The summed E-state index contributed by atoms with van der Waals surface area (Å²) in [5.41, 5.74) is 1.32. The lowest BCUT2D eigenvalue weighted by Crippen LogP contribution is -2.15. The van der Waals surface area contributed by atoms with E-state index in [2.05, 4.69) is 41.3 Å². The molecule has 0 atom stereocenters. The Kier molecular flexibility index (Phi) is 2.99. The first-order chi connectivity index (χ1) is 8.75. The minimum absolute atomic E-state index is 0.156. The van der Waals surface area contributed by atoms with Crippen molar-refractivity contribution in [3.05, 3.63) is 26.7 Å². The van der Waals surface area contributed by atoms with Crippen LogP contribution in [-0.4, -0.2) is 25.4 Å². The molecule has 0 aromatic carbocycles. The van der Waals surface area contributed by atoms with E-state index < -0.39 is 0 Å². The predicted octanol–water partition coefficient (Wildman–Crippen LogP) is 1.98. The van der Waals surface area contributed by atoms with E-state index in [1.807, 2.05) is 0 Å². The number of nitrogens with one attached hydrogen (secondary N) is 2. The van der Waals surface area contributed by atoms with Gasteiger partial charge in [-0.15, -0.1) is 5.10 Å². The van der Waals surface area contributed by atoms with E-state index in [0.29, 0.717) is 21.9 Å². The first kappa shape index (κ1) is 11.6. The van der Waals surface area contributed by atoms with Gasteiger partial charge in [-0.1, -0.05) is 18.1 Å². The number of hydrogen-bond donors (Lipinski definition) is 2. The fourth-order valence-electron chi connectivity index (χ4n) is 2.39. The highest BCUT2D eigenvalue weighted by molar-refractivity contribution is 9.10. The SMILES string of the molecule is O=c1[nH]c(-c2cnn[nH]2)nc(C2CCCC2)c1Br. The molecule has 0 bridgehead atoms. The molecule has 94 valence electrons. The summed E-state index contributed by atoms with van der Waals surface area (Å²) < 4.78 is 0.547. The molecule has 2 aromatic rings. The maximum absolute atomic E-state index is 11.9. The van der Waals surface area contributed by atoms with Crippen LogP contribution in [0.3, 0.4) is 0 Å². The molecule has 1 saturated carbocycles. The first-order valence-electron chi connectivity index (χ1n) is 5.92. The minimum Gasteiger partial charge on any atom is -0.304 e. The predicted molar refractivity (Wildman–Crippen MR) is 69.1 cm³/mol. The van der Waals surface area contributed by atoms with Gasteiger partial charge in [0.25, 0.3) is 5.56 Å². The van der Waals surface area contributed by atoms with Crippen LogP contribution >= 0.6 is 15.9 Å². The second-order valence-corrected chi connectivity index (χ2v) is 5.26. The zero-order chi connectivity index (χ0) is 12.5. The van der Waals surface area contributed by atoms with Gasteiger partial charge in [-0.05, 0) is 28.8 Å². The monoisotopic (exact) mass is 309 g/mol. The number of aromatic nitrogens is 5. The van der Waals surface area contributed by atoms with Crippen molar-refractivity contribution in [3.63, 3.8) is 0 Å². The van der Waals surface area contributed by atoms with Crippen molar-refractivity contribution in [1.29, 1.82) is 0 Å². The van der Waals surface area contributed by atoms with Gasteiger partial charge in [0.15, 0.2) is 5.82 Å². The third-order valence-electron chi connectivity index (χ3n) is 3.30. The van der Waals surface area contributed by atoms with Gasteiger partial charge in [0, 0.05) is 5.92 Å². The Labute approximate surface area is 111 Å². The maximum atomic E-state index is 11.9. The summed E-state index contributed by atoms with van der Waals surface area (Å²) in [6.07, 6.45) is 6.13. The molecule has 6 nitrogen and oxygen atoms in total. The fourth-order valence-corrected chi connectivity index (χ4v) is 2.90. The minimum atomic E-state index is -0.156. The van der Waals surface area contributed by atoms with Crippen LogP contribution in [0.25, 0.3) is 11.5 Å². The number of H-pyrrole nitrogens is 2. The number of halogens is 1. The van der Waals surface area contributed by atoms with E-state index in [9.17, 15) is 4.79 Å². The molecule has 1 aliphatic carbocycles. The van der Waals surface area contributed by atoms with Gasteiger partial charge < -0.3 is 4.98 Å². The van der Waals surface area contributed by atoms with E-state index in [4.69, 9.17) is 0 Å². The van der Waals surface area contributed by atoms with E-state index in [0.717, 1.165) is 18.5 Å². The van der Waals surface area contributed by atoms with Crippen LogP contribution in [-0.2, 0) is 0 Å². The van der Waals surface area contributed by atoms with Crippen LogP contribution in [0.2, 0.25) is 0 Å². The number of hydrogen-bond acceptors (Lipinski definition) is 4. The molecule has 0 spiro atoms. The molecule has 7 heteroatoms. The highest BCUT2D eigenvalue weighted by Gasteiger charge is 2.23. The summed E-state index contributed by atoms with van der Waals surface area (Å²) in [7, 11) is 0. The Morgan fingerprint density at radius 3 is 2.78 bits per heavy atom. The molecular weight excluding hydrogens is 298 g/mol. The molecular formula is C11H12BrN5O. The van der Waals surface area contributed by atoms with Crippen molar-refractivity contribution < 1.29 is 0 Å². The summed E-state index contributed by atoms with van der Waals surface area (Å²) in [6, 6.07) is 0. The average Bonchev–Trinajstić information content (AvgIpc) is 3.03. The summed E-state index contributed by atoms with van der Waals surface area (Å²) >= 11 is 3.34. The Balaban J connectivity index is 2.10. The molecule has 1 fully saturated rings. The van der Waals surface area contributed by atoms with Gasteiger partial charge >= 0.3 is 0 Å². The Bertz CT molecular complexity index is 600. The summed E-state index contributed by atoms with van der Waals surface area (Å²) in [5, 5.41) is 10.0. The van der Waals surface area contributed by atoms with Crippen molar-refractivity contribution in [3.8, 4) is 11.5 Å². The number of aromatic amines is 2.